The van der Waals surface area contributed by atoms with Gasteiger partial charge in [0.2, 0.25) is 0 Å². The molecule has 0 saturated carbocycles. The second-order valence-electron chi connectivity index (χ2n) is 6.15. The van der Waals surface area contributed by atoms with Gasteiger partial charge in [-0.25, -0.2) is 9.97 Å². The van der Waals surface area contributed by atoms with Crippen LogP contribution in [0.2, 0.25) is 0 Å². The van der Waals surface area contributed by atoms with Gasteiger partial charge < -0.3 is 10.1 Å². The Hall–Kier alpha value is -2.53. The molecule has 4 nitrogen and oxygen atoms in total. The number of aryl methyl sites for hydroxylation is 2. The molecule has 5 heteroatoms. The highest BCUT2D eigenvalue weighted by Gasteiger charge is 2.04. The highest BCUT2D eigenvalue weighted by molar-refractivity contribution is 7.98. The van der Waals surface area contributed by atoms with Crippen LogP contribution in [0.3, 0.4) is 0 Å². The van der Waals surface area contributed by atoms with Crippen LogP contribution in [0.4, 0.5) is 5.82 Å². The molecule has 134 valence electrons. The molecule has 0 amide bonds. The van der Waals surface area contributed by atoms with E-state index in [1.165, 1.54) is 16.7 Å². The third kappa shape index (κ3) is 5.23. The Balaban J connectivity index is 1.61. The zero-order valence-corrected chi connectivity index (χ0v) is 16.1. The number of hydrogen-bond acceptors (Lipinski definition) is 5. The molecule has 3 rings (SSSR count). The minimum absolute atomic E-state index is 0.711. The van der Waals surface area contributed by atoms with Gasteiger partial charge in [-0.3, -0.25) is 0 Å². The SMILES string of the molecule is COc1ccc(CNc2cc(C)nc(SCc3ccc(C)cc3)n2)cc1. The highest BCUT2D eigenvalue weighted by Crippen LogP contribution is 2.22. The average molecular weight is 366 g/mol. The van der Waals surface area contributed by atoms with E-state index in [9.17, 15) is 0 Å². The van der Waals surface area contributed by atoms with Crippen molar-refractivity contribution in [2.45, 2.75) is 31.3 Å². The molecule has 0 atom stereocenters. The summed E-state index contributed by atoms with van der Waals surface area (Å²) in [5.41, 5.74) is 4.69. The molecular formula is C21H23N3OS. The van der Waals surface area contributed by atoms with Crippen LogP contribution >= 0.6 is 11.8 Å². The molecular weight excluding hydrogens is 342 g/mol. The Morgan fingerprint density at radius 2 is 1.62 bits per heavy atom. The van der Waals surface area contributed by atoms with Crippen molar-refractivity contribution in [3.05, 3.63) is 77.0 Å². The Labute approximate surface area is 159 Å². The number of nitrogens with zero attached hydrogens (tertiary/aromatic N) is 2. The van der Waals surface area contributed by atoms with Crippen LogP contribution in [0.5, 0.6) is 5.75 Å². The van der Waals surface area contributed by atoms with Crippen molar-refractivity contribution in [1.82, 2.24) is 9.97 Å². The van der Waals surface area contributed by atoms with Crippen LogP contribution < -0.4 is 10.1 Å². The molecule has 2 aromatic carbocycles. The van der Waals surface area contributed by atoms with Crippen LogP contribution in [0.25, 0.3) is 0 Å². The minimum atomic E-state index is 0.711. The Morgan fingerprint density at radius 3 is 2.31 bits per heavy atom. The number of nitrogens with one attached hydrogen (secondary N) is 1. The first-order chi connectivity index (χ1) is 12.6. The average Bonchev–Trinajstić information content (AvgIpc) is 2.66. The van der Waals surface area contributed by atoms with Crippen molar-refractivity contribution in [2.24, 2.45) is 0 Å². The zero-order chi connectivity index (χ0) is 18.4. The molecule has 1 heterocycles. The summed E-state index contributed by atoms with van der Waals surface area (Å²) in [7, 11) is 1.67. The van der Waals surface area contributed by atoms with E-state index in [4.69, 9.17) is 4.74 Å². The van der Waals surface area contributed by atoms with Gasteiger partial charge in [-0.15, -0.1) is 0 Å². The number of methoxy groups -OCH3 is 1. The van der Waals surface area contributed by atoms with Crippen molar-refractivity contribution in [2.75, 3.05) is 12.4 Å². The minimum Gasteiger partial charge on any atom is -0.497 e. The largest absolute Gasteiger partial charge is 0.497 e. The van der Waals surface area contributed by atoms with Gasteiger partial charge in [0.05, 0.1) is 7.11 Å². The molecule has 0 unspecified atom stereocenters. The summed E-state index contributed by atoms with van der Waals surface area (Å²) in [6, 6.07) is 18.6. The molecule has 3 aromatic rings. The molecule has 0 aliphatic rings. The molecule has 0 aliphatic heterocycles. The van der Waals surface area contributed by atoms with Crippen LogP contribution in [0.1, 0.15) is 22.4 Å². The van der Waals surface area contributed by atoms with E-state index in [-0.39, 0.29) is 0 Å². The Kier molecular flexibility index (Phi) is 6.12. The number of hydrogen-bond donors (Lipinski definition) is 1. The summed E-state index contributed by atoms with van der Waals surface area (Å²) in [6.07, 6.45) is 0. The lowest BCUT2D eigenvalue weighted by molar-refractivity contribution is 0.414. The van der Waals surface area contributed by atoms with E-state index >= 15 is 0 Å². The van der Waals surface area contributed by atoms with Crippen molar-refractivity contribution in [3.63, 3.8) is 0 Å². The van der Waals surface area contributed by atoms with Gasteiger partial charge in [0, 0.05) is 24.1 Å². The quantitative estimate of drug-likeness (QED) is 0.471. The van der Waals surface area contributed by atoms with Gasteiger partial charge in [-0.2, -0.15) is 0 Å². The summed E-state index contributed by atoms with van der Waals surface area (Å²) in [4.78, 5) is 9.17. The first-order valence-corrected chi connectivity index (χ1v) is 9.52. The second-order valence-corrected chi connectivity index (χ2v) is 7.10. The Bertz CT molecular complexity index is 848. The van der Waals surface area contributed by atoms with Gasteiger partial charge in [0.25, 0.3) is 0 Å². The van der Waals surface area contributed by atoms with E-state index in [0.29, 0.717) is 6.54 Å². The zero-order valence-electron chi connectivity index (χ0n) is 15.3. The second kappa shape index (κ2) is 8.72. The summed E-state index contributed by atoms with van der Waals surface area (Å²) < 4.78 is 5.19. The molecule has 26 heavy (non-hydrogen) atoms. The smallest absolute Gasteiger partial charge is 0.190 e. The van der Waals surface area contributed by atoms with Crippen LogP contribution in [0.15, 0.2) is 59.8 Å². The summed E-state index contributed by atoms with van der Waals surface area (Å²) in [5.74, 6) is 2.57. The molecule has 0 saturated heterocycles. The van der Waals surface area contributed by atoms with Crippen LogP contribution in [0, 0.1) is 13.8 Å². The van der Waals surface area contributed by atoms with Gasteiger partial charge in [-0.05, 0) is 37.1 Å². The molecule has 1 N–H and O–H groups in total. The number of rotatable bonds is 7. The van der Waals surface area contributed by atoms with E-state index in [0.717, 1.165) is 28.2 Å². The fourth-order valence-corrected chi connectivity index (χ4v) is 3.32. The fourth-order valence-electron chi connectivity index (χ4n) is 2.46. The van der Waals surface area contributed by atoms with Gasteiger partial charge in [0.15, 0.2) is 5.16 Å². The van der Waals surface area contributed by atoms with Crippen molar-refractivity contribution < 1.29 is 4.74 Å². The van der Waals surface area contributed by atoms with Crippen LogP contribution in [-0.2, 0) is 12.3 Å². The first kappa shape index (κ1) is 18.3. The Morgan fingerprint density at radius 1 is 0.923 bits per heavy atom. The normalized spacial score (nSPS) is 10.6. The summed E-state index contributed by atoms with van der Waals surface area (Å²) in [5, 5.41) is 4.17. The van der Waals surface area contributed by atoms with E-state index in [1.807, 2.05) is 37.3 Å². The van der Waals surface area contributed by atoms with Gasteiger partial charge >= 0.3 is 0 Å². The third-order valence-electron chi connectivity index (χ3n) is 3.95. The number of anilines is 1. The molecule has 1 aromatic heterocycles. The van der Waals surface area contributed by atoms with Gasteiger partial charge in [0.1, 0.15) is 11.6 Å². The molecule has 0 fully saturated rings. The molecule has 0 spiro atoms. The summed E-state index contributed by atoms with van der Waals surface area (Å²) >= 11 is 1.66. The predicted octanol–water partition coefficient (Wildman–Crippen LogP) is 5.01. The van der Waals surface area contributed by atoms with Crippen molar-refractivity contribution in [3.8, 4) is 5.75 Å². The predicted molar refractivity (Wildman–Crippen MR) is 108 cm³/mol. The lowest BCUT2D eigenvalue weighted by Crippen LogP contribution is -2.03. The number of aromatic nitrogens is 2. The fraction of sp³-hybridized carbons (Fsp3) is 0.238. The van der Waals surface area contributed by atoms with E-state index < -0.39 is 0 Å². The van der Waals surface area contributed by atoms with Crippen LogP contribution in [-0.4, -0.2) is 17.1 Å². The maximum absolute atomic E-state index is 5.19. The van der Waals surface area contributed by atoms with E-state index in [2.05, 4.69) is 46.5 Å². The summed E-state index contributed by atoms with van der Waals surface area (Å²) in [6.45, 7) is 4.81. The lowest BCUT2D eigenvalue weighted by Gasteiger charge is -2.09. The van der Waals surface area contributed by atoms with Gasteiger partial charge in [-0.1, -0.05) is 53.7 Å². The van der Waals surface area contributed by atoms with Crippen molar-refractivity contribution >= 4 is 17.6 Å². The van der Waals surface area contributed by atoms with E-state index in [1.54, 1.807) is 18.9 Å². The maximum atomic E-state index is 5.19. The molecule has 0 bridgehead atoms. The monoisotopic (exact) mass is 365 g/mol. The highest BCUT2D eigenvalue weighted by atomic mass is 32.2. The topological polar surface area (TPSA) is 47.0 Å². The molecule has 0 aliphatic carbocycles. The number of benzene rings is 2. The third-order valence-corrected chi connectivity index (χ3v) is 4.87. The number of thioether (sulfide) groups is 1. The first-order valence-electron chi connectivity index (χ1n) is 8.53. The standard InChI is InChI=1S/C21H23N3OS/c1-15-4-6-18(7-5-15)14-26-21-23-16(2)12-20(24-21)22-13-17-8-10-19(25-3)11-9-17/h4-12H,13-14H2,1-3H3,(H,22,23,24). The lowest BCUT2D eigenvalue weighted by atomic mass is 10.2. The molecule has 0 radical (unpaired) electrons. The van der Waals surface area contributed by atoms with Crippen molar-refractivity contribution in [1.29, 1.82) is 0 Å². The maximum Gasteiger partial charge on any atom is 0.190 e. The number of ether oxygens (including phenoxy) is 1.